The summed E-state index contributed by atoms with van der Waals surface area (Å²) in [6.45, 7) is 8.28. The van der Waals surface area contributed by atoms with Gasteiger partial charge in [0.25, 0.3) is 0 Å². The summed E-state index contributed by atoms with van der Waals surface area (Å²) >= 11 is 5.01. The van der Waals surface area contributed by atoms with Crippen LogP contribution in [0.3, 0.4) is 0 Å². The minimum Gasteiger partial charge on any atom is -0.352 e. The summed E-state index contributed by atoms with van der Waals surface area (Å²) in [6, 6.07) is 15.7. The number of aryl methyl sites for hydroxylation is 1. The number of carbonyl (C=O) groups is 2. The molecule has 1 N–H and O–H groups in total. The van der Waals surface area contributed by atoms with E-state index < -0.39 is 6.04 Å². The Kier molecular flexibility index (Phi) is 9.92. The molecule has 0 bridgehead atoms. The van der Waals surface area contributed by atoms with Crippen LogP contribution in [0.25, 0.3) is 0 Å². The quantitative estimate of drug-likeness (QED) is 0.489. The first-order chi connectivity index (χ1) is 14.3. The van der Waals surface area contributed by atoms with E-state index in [1.54, 1.807) is 16.7 Å². The summed E-state index contributed by atoms with van der Waals surface area (Å²) in [6.07, 6.45) is 0.854. The second-order valence-electron chi connectivity index (χ2n) is 7.62. The number of hydrogen-bond donors (Lipinski definition) is 1. The Labute approximate surface area is 192 Å². The zero-order valence-electron chi connectivity index (χ0n) is 18.2. The molecule has 2 aromatic carbocycles. The summed E-state index contributed by atoms with van der Waals surface area (Å²) < 4.78 is 1.04. The normalized spacial score (nSPS) is 12.8. The molecule has 0 radical (unpaired) electrons. The molecule has 6 heteroatoms. The van der Waals surface area contributed by atoms with Crippen molar-refractivity contribution in [2.45, 2.75) is 58.5 Å². The lowest BCUT2D eigenvalue weighted by Crippen LogP contribution is -2.50. The van der Waals surface area contributed by atoms with Crippen molar-refractivity contribution in [3.8, 4) is 0 Å². The van der Waals surface area contributed by atoms with E-state index in [0.29, 0.717) is 12.3 Å². The molecular formula is C24H31BrN2O2S. The maximum Gasteiger partial charge on any atom is 0.242 e. The van der Waals surface area contributed by atoms with Crippen molar-refractivity contribution in [3.05, 3.63) is 69.7 Å². The average Bonchev–Trinajstić information content (AvgIpc) is 2.72. The van der Waals surface area contributed by atoms with Gasteiger partial charge in [-0.05, 0) is 50.5 Å². The Bertz CT molecular complexity index is 841. The zero-order chi connectivity index (χ0) is 22.1. The molecule has 0 aliphatic heterocycles. The second kappa shape index (κ2) is 12.2. The van der Waals surface area contributed by atoms with Crippen LogP contribution in [0.2, 0.25) is 0 Å². The van der Waals surface area contributed by atoms with E-state index in [2.05, 4.69) is 27.3 Å². The lowest BCUT2D eigenvalue weighted by Gasteiger charge is -2.29. The van der Waals surface area contributed by atoms with Gasteiger partial charge in [0.2, 0.25) is 11.8 Å². The fraction of sp³-hybridized carbons (Fsp3) is 0.417. The van der Waals surface area contributed by atoms with E-state index in [1.165, 1.54) is 5.56 Å². The van der Waals surface area contributed by atoms with Gasteiger partial charge in [0.1, 0.15) is 6.04 Å². The van der Waals surface area contributed by atoms with Gasteiger partial charge in [0.05, 0.1) is 5.75 Å². The van der Waals surface area contributed by atoms with Crippen LogP contribution in [0.4, 0.5) is 0 Å². The Morgan fingerprint density at radius 3 is 2.43 bits per heavy atom. The predicted octanol–water partition coefficient (Wildman–Crippen LogP) is 5.32. The lowest BCUT2D eigenvalue weighted by atomic mass is 10.1. The van der Waals surface area contributed by atoms with Gasteiger partial charge in [-0.15, -0.1) is 11.8 Å². The third-order valence-electron chi connectivity index (χ3n) is 5.01. The fourth-order valence-corrected chi connectivity index (χ4v) is 4.11. The van der Waals surface area contributed by atoms with Gasteiger partial charge in [0.15, 0.2) is 0 Å². The number of rotatable bonds is 10. The first kappa shape index (κ1) is 24.5. The molecule has 0 spiro atoms. The number of amides is 2. The number of hydrogen-bond acceptors (Lipinski definition) is 3. The number of benzene rings is 2. The van der Waals surface area contributed by atoms with E-state index in [0.717, 1.165) is 27.8 Å². The summed E-state index contributed by atoms with van der Waals surface area (Å²) in [5.41, 5.74) is 3.34. The fourth-order valence-electron chi connectivity index (χ4n) is 2.98. The molecule has 0 fully saturated rings. The van der Waals surface area contributed by atoms with Gasteiger partial charge in [-0.2, -0.15) is 0 Å². The van der Waals surface area contributed by atoms with Gasteiger partial charge in [-0.25, -0.2) is 0 Å². The topological polar surface area (TPSA) is 49.4 Å². The van der Waals surface area contributed by atoms with E-state index in [4.69, 9.17) is 0 Å². The number of carbonyl (C=O) groups excluding carboxylic acids is 2. The van der Waals surface area contributed by atoms with Gasteiger partial charge < -0.3 is 10.2 Å². The molecule has 4 nitrogen and oxygen atoms in total. The van der Waals surface area contributed by atoms with Crippen molar-refractivity contribution < 1.29 is 9.59 Å². The van der Waals surface area contributed by atoms with Crippen molar-refractivity contribution in [2.24, 2.45) is 0 Å². The van der Waals surface area contributed by atoms with E-state index in [9.17, 15) is 9.59 Å². The van der Waals surface area contributed by atoms with Crippen LogP contribution in [0.1, 0.15) is 43.9 Å². The largest absolute Gasteiger partial charge is 0.352 e. The Morgan fingerprint density at radius 2 is 1.80 bits per heavy atom. The minimum absolute atomic E-state index is 0.0228. The monoisotopic (exact) mass is 490 g/mol. The van der Waals surface area contributed by atoms with Crippen LogP contribution in [0.15, 0.2) is 53.0 Å². The van der Waals surface area contributed by atoms with Crippen LogP contribution in [-0.2, 0) is 21.9 Å². The molecule has 0 heterocycles. The minimum atomic E-state index is -0.528. The van der Waals surface area contributed by atoms with Crippen molar-refractivity contribution in [3.63, 3.8) is 0 Å². The van der Waals surface area contributed by atoms with E-state index in [1.807, 2.05) is 70.2 Å². The molecule has 0 unspecified atom stereocenters. The first-order valence-electron chi connectivity index (χ1n) is 10.3. The van der Waals surface area contributed by atoms with Gasteiger partial charge in [-0.1, -0.05) is 64.8 Å². The molecular weight excluding hydrogens is 460 g/mol. The standard InChI is InChI=1S/C24H31BrN2O2S/c1-5-18(3)26-24(29)19(4)27(14-21-8-6-7-17(2)13-21)23(28)16-30-15-20-9-11-22(25)12-10-20/h6-13,18-19H,5,14-16H2,1-4H3,(H,26,29)/t18-,19+/m0/s1. The molecule has 0 saturated carbocycles. The first-order valence-corrected chi connectivity index (χ1v) is 12.2. The third kappa shape index (κ3) is 7.80. The molecule has 2 rings (SSSR count). The summed E-state index contributed by atoms with van der Waals surface area (Å²) in [7, 11) is 0. The SMILES string of the molecule is CC[C@H](C)NC(=O)[C@@H](C)N(Cc1cccc(C)c1)C(=O)CSCc1ccc(Br)cc1. The van der Waals surface area contributed by atoms with E-state index >= 15 is 0 Å². The molecule has 2 aromatic rings. The summed E-state index contributed by atoms with van der Waals surface area (Å²) in [5.74, 6) is 0.960. The maximum absolute atomic E-state index is 13.1. The number of thioether (sulfide) groups is 1. The van der Waals surface area contributed by atoms with Crippen LogP contribution >= 0.6 is 27.7 Å². The molecule has 0 saturated heterocycles. The molecule has 30 heavy (non-hydrogen) atoms. The van der Waals surface area contributed by atoms with Crippen LogP contribution in [-0.4, -0.2) is 34.6 Å². The van der Waals surface area contributed by atoms with Crippen LogP contribution in [0, 0.1) is 6.92 Å². The highest BCUT2D eigenvalue weighted by molar-refractivity contribution is 9.10. The van der Waals surface area contributed by atoms with Gasteiger partial charge in [0, 0.05) is 22.8 Å². The molecule has 0 aromatic heterocycles. The number of nitrogens with zero attached hydrogens (tertiary/aromatic N) is 1. The van der Waals surface area contributed by atoms with E-state index in [-0.39, 0.29) is 17.9 Å². The van der Waals surface area contributed by atoms with Crippen molar-refractivity contribution in [2.75, 3.05) is 5.75 Å². The number of nitrogens with one attached hydrogen (secondary N) is 1. The maximum atomic E-state index is 13.1. The Morgan fingerprint density at radius 1 is 1.10 bits per heavy atom. The highest BCUT2D eigenvalue weighted by Crippen LogP contribution is 2.18. The number of halogens is 1. The average molecular weight is 491 g/mol. The third-order valence-corrected chi connectivity index (χ3v) is 6.53. The van der Waals surface area contributed by atoms with Gasteiger partial charge >= 0.3 is 0 Å². The van der Waals surface area contributed by atoms with Crippen molar-refractivity contribution in [1.82, 2.24) is 10.2 Å². The molecule has 162 valence electrons. The molecule has 0 aliphatic carbocycles. The predicted molar refractivity (Wildman–Crippen MR) is 129 cm³/mol. The summed E-state index contributed by atoms with van der Waals surface area (Å²) in [4.78, 5) is 27.5. The zero-order valence-corrected chi connectivity index (χ0v) is 20.6. The smallest absolute Gasteiger partial charge is 0.242 e. The Balaban J connectivity index is 2.07. The summed E-state index contributed by atoms with van der Waals surface area (Å²) in [5, 5.41) is 3.00. The highest BCUT2D eigenvalue weighted by atomic mass is 79.9. The Hall–Kier alpha value is -1.79. The molecule has 2 atom stereocenters. The van der Waals surface area contributed by atoms with Crippen LogP contribution < -0.4 is 5.32 Å². The van der Waals surface area contributed by atoms with Crippen LogP contribution in [0.5, 0.6) is 0 Å². The molecule has 0 aliphatic rings. The van der Waals surface area contributed by atoms with Crippen molar-refractivity contribution >= 4 is 39.5 Å². The lowest BCUT2D eigenvalue weighted by molar-refractivity contribution is -0.138. The molecule has 2 amide bonds. The highest BCUT2D eigenvalue weighted by Gasteiger charge is 2.26. The van der Waals surface area contributed by atoms with Gasteiger partial charge in [-0.3, -0.25) is 9.59 Å². The second-order valence-corrected chi connectivity index (χ2v) is 9.53. The van der Waals surface area contributed by atoms with Crippen molar-refractivity contribution in [1.29, 1.82) is 0 Å².